The van der Waals surface area contributed by atoms with Crippen LogP contribution >= 0.6 is 11.6 Å². The van der Waals surface area contributed by atoms with Crippen molar-refractivity contribution >= 4 is 23.1 Å². The lowest BCUT2D eigenvalue weighted by Crippen LogP contribution is -2.00. The number of nitrogens with zero attached hydrogens (tertiary/aromatic N) is 3. The van der Waals surface area contributed by atoms with Crippen LogP contribution in [-0.4, -0.2) is 15.0 Å². The number of benzene rings is 1. The third-order valence-corrected chi connectivity index (χ3v) is 3.36. The molecule has 0 saturated heterocycles. The van der Waals surface area contributed by atoms with Crippen LogP contribution in [0.2, 0.25) is 5.15 Å². The standard InChI is InChI=1S/C16H11ClF2N4/c1-9-6-11(18)12(19)7-13(9)21-15-8-14(17)22-16(23-15)10-2-4-20-5-3-10/h2-8H,1H3,(H,21,22,23). The maximum absolute atomic E-state index is 13.4. The number of anilines is 2. The number of aromatic nitrogens is 3. The first-order valence-electron chi connectivity index (χ1n) is 6.70. The Labute approximate surface area is 136 Å². The Hall–Kier alpha value is -2.60. The first-order valence-corrected chi connectivity index (χ1v) is 7.08. The lowest BCUT2D eigenvalue weighted by Gasteiger charge is -2.11. The van der Waals surface area contributed by atoms with Gasteiger partial charge in [0.2, 0.25) is 0 Å². The molecule has 23 heavy (non-hydrogen) atoms. The summed E-state index contributed by atoms with van der Waals surface area (Å²) in [5.41, 5.74) is 1.69. The molecule has 0 saturated carbocycles. The molecular weight excluding hydrogens is 322 g/mol. The van der Waals surface area contributed by atoms with Gasteiger partial charge >= 0.3 is 0 Å². The largest absolute Gasteiger partial charge is 0.340 e. The fourth-order valence-electron chi connectivity index (χ4n) is 2.03. The Morgan fingerprint density at radius 3 is 2.43 bits per heavy atom. The number of nitrogens with one attached hydrogen (secondary N) is 1. The van der Waals surface area contributed by atoms with Crippen LogP contribution in [0.5, 0.6) is 0 Å². The van der Waals surface area contributed by atoms with Crippen LogP contribution in [-0.2, 0) is 0 Å². The number of hydrogen-bond acceptors (Lipinski definition) is 4. The topological polar surface area (TPSA) is 50.7 Å². The summed E-state index contributed by atoms with van der Waals surface area (Å²) in [5, 5.41) is 3.16. The van der Waals surface area contributed by atoms with Crippen molar-refractivity contribution in [3.8, 4) is 11.4 Å². The molecule has 116 valence electrons. The summed E-state index contributed by atoms with van der Waals surface area (Å²) in [7, 11) is 0. The van der Waals surface area contributed by atoms with Crippen LogP contribution in [0.4, 0.5) is 20.3 Å². The van der Waals surface area contributed by atoms with Crippen LogP contribution < -0.4 is 5.32 Å². The summed E-state index contributed by atoms with van der Waals surface area (Å²) in [6.45, 7) is 1.66. The van der Waals surface area contributed by atoms with Gasteiger partial charge in [0.1, 0.15) is 11.0 Å². The Bertz CT molecular complexity index is 856. The zero-order chi connectivity index (χ0) is 16.4. The fourth-order valence-corrected chi connectivity index (χ4v) is 2.21. The second-order valence-corrected chi connectivity index (χ2v) is 5.23. The molecule has 0 aliphatic rings. The van der Waals surface area contributed by atoms with E-state index in [4.69, 9.17) is 11.6 Å². The van der Waals surface area contributed by atoms with Gasteiger partial charge in [0.15, 0.2) is 17.5 Å². The van der Waals surface area contributed by atoms with Crippen molar-refractivity contribution in [1.29, 1.82) is 0 Å². The highest BCUT2D eigenvalue weighted by molar-refractivity contribution is 6.29. The highest BCUT2D eigenvalue weighted by Crippen LogP contribution is 2.25. The van der Waals surface area contributed by atoms with E-state index in [2.05, 4.69) is 20.3 Å². The molecule has 2 heterocycles. The zero-order valence-corrected chi connectivity index (χ0v) is 12.8. The van der Waals surface area contributed by atoms with Gasteiger partial charge in [0.05, 0.1) is 0 Å². The summed E-state index contributed by atoms with van der Waals surface area (Å²) in [6, 6.07) is 7.19. The van der Waals surface area contributed by atoms with E-state index >= 15 is 0 Å². The molecule has 3 rings (SSSR count). The molecule has 0 atom stereocenters. The molecule has 0 fully saturated rings. The summed E-state index contributed by atoms with van der Waals surface area (Å²) in [5.74, 6) is -1.05. The minimum Gasteiger partial charge on any atom is -0.340 e. The van der Waals surface area contributed by atoms with Gasteiger partial charge in [-0.25, -0.2) is 18.7 Å². The average Bonchev–Trinajstić information content (AvgIpc) is 2.53. The first kappa shape index (κ1) is 15.3. The molecule has 0 unspecified atom stereocenters. The van der Waals surface area contributed by atoms with Gasteiger partial charge in [-0.3, -0.25) is 4.98 Å². The van der Waals surface area contributed by atoms with Gasteiger partial charge in [0, 0.05) is 35.8 Å². The molecule has 7 heteroatoms. The molecule has 0 amide bonds. The predicted octanol–water partition coefficient (Wildman–Crippen LogP) is 4.52. The van der Waals surface area contributed by atoms with Gasteiger partial charge in [0.25, 0.3) is 0 Å². The lowest BCUT2D eigenvalue weighted by molar-refractivity contribution is 0.508. The molecule has 3 aromatic rings. The molecule has 0 aliphatic heterocycles. The van der Waals surface area contributed by atoms with Crippen LogP contribution in [0.25, 0.3) is 11.4 Å². The van der Waals surface area contributed by atoms with Gasteiger partial charge in [-0.15, -0.1) is 0 Å². The third-order valence-electron chi connectivity index (χ3n) is 3.16. The van der Waals surface area contributed by atoms with Crippen LogP contribution in [0.3, 0.4) is 0 Å². The minimum atomic E-state index is -0.937. The Balaban J connectivity index is 1.98. The van der Waals surface area contributed by atoms with Crippen molar-refractivity contribution in [3.63, 3.8) is 0 Å². The van der Waals surface area contributed by atoms with Crippen molar-refractivity contribution in [1.82, 2.24) is 15.0 Å². The van der Waals surface area contributed by atoms with E-state index < -0.39 is 11.6 Å². The number of rotatable bonds is 3. The van der Waals surface area contributed by atoms with Gasteiger partial charge in [-0.05, 0) is 30.7 Å². The second-order valence-electron chi connectivity index (χ2n) is 4.84. The third kappa shape index (κ3) is 3.43. The quantitative estimate of drug-likeness (QED) is 0.716. The Morgan fingerprint density at radius 2 is 1.70 bits per heavy atom. The molecule has 0 aliphatic carbocycles. The predicted molar refractivity (Wildman–Crippen MR) is 84.7 cm³/mol. The summed E-state index contributed by atoms with van der Waals surface area (Å²) in [4.78, 5) is 12.4. The SMILES string of the molecule is Cc1cc(F)c(F)cc1Nc1cc(Cl)nc(-c2ccncc2)n1. The Kier molecular flexibility index (Phi) is 4.16. The molecular formula is C16H11ClF2N4. The van der Waals surface area contributed by atoms with E-state index in [0.717, 1.165) is 17.7 Å². The molecule has 0 bridgehead atoms. The first-order chi connectivity index (χ1) is 11.0. The maximum atomic E-state index is 13.4. The number of aryl methyl sites for hydroxylation is 1. The summed E-state index contributed by atoms with van der Waals surface area (Å²) >= 11 is 6.02. The van der Waals surface area contributed by atoms with Crippen LogP contribution in [0.1, 0.15) is 5.56 Å². The molecule has 1 N–H and O–H groups in total. The zero-order valence-electron chi connectivity index (χ0n) is 12.0. The molecule has 1 aromatic carbocycles. The summed E-state index contributed by atoms with van der Waals surface area (Å²) < 4.78 is 26.6. The van der Waals surface area contributed by atoms with E-state index in [1.54, 1.807) is 31.5 Å². The van der Waals surface area contributed by atoms with Gasteiger partial charge < -0.3 is 5.32 Å². The molecule has 2 aromatic heterocycles. The van der Waals surface area contributed by atoms with Crippen molar-refractivity contribution in [2.24, 2.45) is 0 Å². The normalized spacial score (nSPS) is 10.6. The van der Waals surface area contributed by atoms with Gasteiger partial charge in [-0.1, -0.05) is 11.6 Å². The van der Waals surface area contributed by atoms with Crippen LogP contribution in [0, 0.1) is 18.6 Å². The lowest BCUT2D eigenvalue weighted by atomic mass is 10.2. The van der Waals surface area contributed by atoms with E-state index in [1.165, 1.54) is 6.07 Å². The smallest absolute Gasteiger partial charge is 0.163 e. The number of pyridine rings is 1. The Morgan fingerprint density at radius 1 is 1.00 bits per heavy atom. The average molecular weight is 333 g/mol. The second kappa shape index (κ2) is 6.26. The van der Waals surface area contributed by atoms with Gasteiger partial charge in [-0.2, -0.15) is 0 Å². The number of hydrogen-bond donors (Lipinski definition) is 1. The maximum Gasteiger partial charge on any atom is 0.163 e. The highest BCUT2D eigenvalue weighted by Gasteiger charge is 2.10. The van der Waals surface area contributed by atoms with E-state index in [9.17, 15) is 8.78 Å². The summed E-state index contributed by atoms with van der Waals surface area (Å²) in [6.07, 6.45) is 3.23. The fraction of sp³-hybridized carbons (Fsp3) is 0.0625. The van der Waals surface area contributed by atoms with E-state index in [-0.39, 0.29) is 5.15 Å². The van der Waals surface area contributed by atoms with Crippen molar-refractivity contribution in [3.05, 3.63) is 65.1 Å². The van der Waals surface area contributed by atoms with E-state index in [1.807, 2.05) is 0 Å². The van der Waals surface area contributed by atoms with Crippen molar-refractivity contribution in [2.75, 3.05) is 5.32 Å². The number of halogens is 3. The molecule has 4 nitrogen and oxygen atoms in total. The molecule has 0 spiro atoms. The minimum absolute atomic E-state index is 0.231. The van der Waals surface area contributed by atoms with Crippen molar-refractivity contribution < 1.29 is 8.78 Å². The monoisotopic (exact) mass is 332 g/mol. The highest BCUT2D eigenvalue weighted by atomic mass is 35.5. The van der Waals surface area contributed by atoms with Crippen LogP contribution in [0.15, 0.2) is 42.7 Å². The molecule has 0 radical (unpaired) electrons. The van der Waals surface area contributed by atoms with E-state index in [0.29, 0.717) is 22.9 Å². The van der Waals surface area contributed by atoms with Crippen molar-refractivity contribution in [2.45, 2.75) is 6.92 Å².